The molecule has 16 heavy (non-hydrogen) atoms. The van der Waals surface area contributed by atoms with Gasteiger partial charge in [-0.15, -0.1) is 0 Å². The van der Waals surface area contributed by atoms with Crippen molar-refractivity contribution in [2.75, 3.05) is 0 Å². The lowest BCUT2D eigenvalue weighted by atomic mass is 9.90. The number of rotatable bonds is 4. The summed E-state index contributed by atoms with van der Waals surface area (Å²) in [6.45, 7) is 8.58. The average Bonchev–Trinajstić information content (AvgIpc) is 2.16. The van der Waals surface area contributed by atoms with Gasteiger partial charge in [-0.25, -0.2) is 0 Å². The van der Waals surface area contributed by atoms with Gasteiger partial charge in [0.05, 0.1) is 0 Å². The molecule has 0 saturated carbocycles. The third-order valence-corrected chi connectivity index (χ3v) is 2.92. The molecule has 0 aliphatic carbocycles. The molecule has 0 spiro atoms. The highest BCUT2D eigenvalue weighted by Crippen LogP contribution is 2.24. The van der Waals surface area contributed by atoms with Crippen molar-refractivity contribution < 1.29 is 0 Å². The minimum atomic E-state index is 0.543. The van der Waals surface area contributed by atoms with E-state index in [0.29, 0.717) is 11.8 Å². The van der Waals surface area contributed by atoms with Crippen molar-refractivity contribution >= 4 is 0 Å². The molecular weight excluding hydrogens is 194 g/mol. The zero-order valence-electron chi connectivity index (χ0n) is 10.8. The van der Waals surface area contributed by atoms with E-state index in [0.717, 1.165) is 12.1 Å². The summed E-state index contributed by atoms with van der Waals surface area (Å²) in [6, 6.07) is 8.82. The molecule has 0 aliphatic heterocycles. The first kappa shape index (κ1) is 12.8. The number of allylic oxidation sites excluding steroid dienone is 2. The van der Waals surface area contributed by atoms with Crippen molar-refractivity contribution in [1.29, 1.82) is 0 Å². The van der Waals surface area contributed by atoms with Gasteiger partial charge in [0.1, 0.15) is 0 Å². The highest BCUT2D eigenvalue weighted by atomic mass is 14.5. The largest absolute Gasteiger partial charge is 0.403 e. The van der Waals surface area contributed by atoms with Crippen LogP contribution in [0, 0.1) is 12.8 Å². The SMILES string of the molecule is C/C(N)=C/C(C)CC(C)c1ccc(C)cc1. The summed E-state index contributed by atoms with van der Waals surface area (Å²) >= 11 is 0. The van der Waals surface area contributed by atoms with Gasteiger partial charge >= 0.3 is 0 Å². The van der Waals surface area contributed by atoms with Gasteiger partial charge in [0.25, 0.3) is 0 Å². The molecule has 0 radical (unpaired) electrons. The van der Waals surface area contributed by atoms with Gasteiger partial charge in [0.15, 0.2) is 0 Å². The third kappa shape index (κ3) is 4.09. The van der Waals surface area contributed by atoms with Gasteiger partial charge in [-0.05, 0) is 37.7 Å². The molecule has 0 aliphatic rings. The van der Waals surface area contributed by atoms with Crippen LogP contribution < -0.4 is 5.73 Å². The van der Waals surface area contributed by atoms with Crippen LogP contribution in [0.1, 0.15) is 44.2 Å². The van der Waals surface area contributed by atoms with Crippen molar-refractivity contribution in [2.24, 2.45) is 11.7 Å². The van der Waals surface area contributed by atoms with Crippen LogP contribution in [-0.4, -0.2) is 0 Å². The molecule has 1 rings (SSSR count). The van der Waals surface area contributed by atoms with Crippen LogP contribution in [0.3, 0.4) is 0 Å². The fraction of sp³-hybridized carbons (Fsp3) is 0.467. The number of hydrogen-bond donors (Lipinski definition) is 1. The highest BCUT2D eigenvalue weighted by Gasteiger charge is 2.08. The van der Waals surface area contributed by atoms with Gasteiger partial charge in [-0.2, -0.15) is 0 Å². The second-order valence-electron chi connectivity index (χ2n) is 4.94. The molecule has 0 saturated heterocycles. The fourth-order valence-electron chi connectivity index (χ4n) is 2.11. The summed E-state index contributed by atoms with van der Waals surface area (Å²) in [5.41, 5.74) is 9.35. The van der Waals surface area contributed by atoms with Gasteiger partial charge in [0, 0.05) is 5.70 Å². The van der Waals surface area contributed by atoms with E-state index in [9.17, 15) is 0 Å². The van der Waals surface area contributed by atoms with Crippen LogP contribution in [0.25, 0.3) is 0 Å². The molecule has 0 fully saturated rings. The van der Waals surface area contributed by atoms with Crippen molar-refractivity contribution in [3.8, 4) is 0 Å². The van der Waals surface area contributed by atoms with E-state index in [1.807, 2.05) is 6.92 Å². The quantitative estimate of drug-likeness (QED) is 0.811. The Morgan fingerprint density at radius 2 is 1.81 bits per heavy atom. The van der Waals surface area contributed by atoms with E-state index in [1.165, 1.54) is 11.1 Å². The summed E-state index contributed by atoms with van der Waals surface area (Å²) < 4.78 is 0. The Morgan fingerprint density at radius 3 is 2.31 bits per heavy atom. The molecule has 0 amide bonds. The predicted octanol–water partition coefficient (Wildman–Crippen LogP) is 3.99. The zero-order chi connectivity index (χ0) is 12.1. The minimum Gasteiger partial charge on any atom is -0.403 e. The maximum Gasteiger partial charge on any atom is 0.00110 e. The molecule has 1 heteroatoms. The van der Waals surface area contributed by atoms with E-state index < -0.39 is 0 Å². The molecule has 1 aromatic rings. The van der Waals surface area contributed by atoms with Crippen LogP contribution >= 0.6 is 0 Å². The number of nitrogens with two attached hydrogens (primary N) is 1. The Labute approximate surface area is 99.4 Å². The molecule has 88 valence electrons. The van der Waals surface area contributed by atoms with Crippen LogP contribution in [0.5, 0.6) is 0 Å². The topological polar surface area (TPSA) is 26.0 Å². The van der Waals surface area contributed by atoms with Gasteiger partial charge < -0.3 is 5.73 Å². The highest BCUT2D eigenvalue weighted by molar-refractivity contribution is 5.24. The minimum absolute atomic E-state index is 0.543. The predicted molar refractivity (Wildman–Crippen MR) is 71.3 cm³/mol. The van der Waals surface area contributed by atoms with Crippen molar-refractivity contribution in [3.63, 3.8) is 0 Å². The average molecular weight is 217 g/mol. The Balaban J connectivity index is 2.62. The number of hydrogen-bond acceptors (Lipinski definition) is 1. The van der Waals surface area contributed by atoms with E-state index in [4.69, 9.17) is 5.73 Å². The van der Waals surface area contributed by atoms with Gasteiger partial charge in [-0.3, -0.25) is 0 Å². The monoisotopic (exact) mass is 217 g/mol. The first-order chi connectivity index (χ1) is 7.49. The molecule has 1 aromatic carbocycles. The Morgan fingerprint density at radius 1 is 1.25 bits per heavy atom. The molecule has 2 N–H and O–H groups in total. The van der Waals surface area contributed by atoms with Crippen molar-refractivity contribution in [2.45, 2.75) is 40.0 Å². The van der Waals surface area contributed by atoms with E-state index in [2.05, 4.69) is 51.1 Å². The summed E-state index contributed by atoms with van der Waals surface area (Å²) in [6.07, 6.45) is 3.29. The third-order valence-electron chi connectivity index (χ3n) is 2.92. The molecule has 0 aromatic heterocycles. The van der Waals surface area contributed by atoms with E-state index in [-0.39, 0.29) is 0 Å². The molecule has 0 bridgehead atoms. The van der Waals surface area contributed by atoms with Crippen LogP contribution in [-0.2, 0) is 0 Å². The second kappa shape index (κ2) is 5.74. The Hall–Kier alpha value is -1.24. The lowest BCUT2D eigenvalue weighted by Crippen LogP contribution is -2.02. The summed E-state index contributed by atoms with van der Waals surface area (Å²) in [4.78, 5) is 0. The van der Waals surface area contributed by atoms with E-state index in [1.54, 1.807) is 0 Å². The second-order valence-corrected chi connectivity index (χ2v) is 4.94. The Bertz CT molecular complexity index is 344. The summed E-state index contributed by atoms with van der Waals surface area (Å²) in [7, 11) is 0. The van der Waals surface area contributed by atoms with Crippen LogP contribution in [0.15, 0.2) is 36.0 Å². The van der Waals surface area contributed by atoms with Crippen LogP contribution in [0.4, 0.5) is 0 Å². The maximum absolute atomic E-state index is 5.69. The lowest BCUT2D eigenvalue weighted by Gasteiger charge is -2.15. The smallest absolute Gasteiger partial charge is 0.00110 e. The maximum atomic E-state index is 5.69. The van der Waals surface area contributed by atoms with Gasteiger partial charge in [-0.1, -0.05) is 49.8 Å². The molecule has 2 atom stereocenters. The molecule has 1 nitrogen and oxygen atoms in total. The Kier molecular flexibility index (Phi) is 4.60. The molecular formula is C15H23N. The lowest BCUT2D eigenvalue weighted by molar-refractivity contribution is 0.565. The first-order valence-electron chi connectivity index (χ1n) is 5.99. The van der Waals surface area contributed by atoms with E-state index >= 15 is 0 Å². The molecule has 2 unspecified atom stereocenters. The van der Waals surface area contributed by atoms with Crippen LogP contribution in [0.2, 0.25) is 0 Å². The number of aryl methyl sites for hydroxylation is 1. The molecule has 0 heterocycles. The van der Waals surface area contributed by atoms with Gasteiger partial charge in [0.2, 0.25) is 0 Å². The standard InChI is InChI=1S/C15H23N/c1-11-5-7-15(8-6-11)13(3)9-12(2)10-14(4)16/h5-8,10,12-13H,9,16H2,1-4H3/b14-10-. The van der Waals surface area contributed by atoms with Crippen molar-refractivity contribution in [3.05, 3.63) is 47.2 Å². The normalized spacial score (nSPS) is 15.9. The summed E-state index contributed by atoms with van der Waals surface area (Å²) in [5, 5.41) is 0. The summed E-state index contributed by atoms with van der Waals surface area (Å²) in [5.74, 6) is 1.13. The first-order valence-corrected chi connectivity index (χ1v) is 5.99. The fourth-order valence-corrected chi connectivity index (χ4v) is 2.11. The number of benzene rings is 1. The van der Waals surface area contributed by atoms with Crippen molar-refractivity contribution in [1.82, 2.24) is 0 Å². The zero-order valence-corrected chi connectivity index (χ0v) is 10.8.